The van der Waals surface area contributed by atoms with Crippen LogP contribution in [0.1, 0.15) is 22.6 Å². The van der Waals surface area contributed by atoms with E-state index in [-0.39, 0.29) is 12.5 Å². The van der Waals surface area contributed by atoms with E-state index in [1.165, 1.54) is 0 Å². The Morgan fingerprint density at radius 1 is 1.03 bits per heavy atom. The fourth-order valence-corrected chi connectivity index (χ4v) is 4.06. The van der Waals surface area contributed by atoms with Crippen LogP contribution in [0.5, 0.6) is 5.75 Å². The van der Waals surface area contributed by atoms with Gasteiger partial charge < -0.3 is 14.5 Å². The fourth-order valence-electron chi connectivity index (χ4n) is 4.06. The summed E-state index contributed by atoms with van der Waals surface area (Å²) in [5.74, 6) is 2.43. The lowest BCUT2D eigenvalue weighted by Gasteiger charge is -2.35. The van der Waals surface area contributed by atoms with Crippen molar-refractivity contribution < 1.29 is 9.53 Å². The second kappa shape index (κ2) is 7.93. The molecule has 0 aliphatic carbocycles. The summed E-state index contributed by atoms with van der Waals surface area (Å²) in [6, 6.07) is 5.99. The third-order valence-electron chi connectivity index (χ3n) is 5.62. The highest BCUT2D eigenvalue weighted by atomic mass is 16.5. The lowest BCUT2D eigenvalue weighted by molar-refractivity contribution is -0.133. The van der Waals surface area contributed by atoms with Crippen LogP contribution in [0.15, 0.2) is 18.2 Å². The van der Waals surface area contributed by atoms with E-state index in [0.29, 0.717) is 26.2 Å². The molecule has 0 bridgehead atoms. The molecule has 0 unspecified atom stereocenters. The van der Waals surface area contributed by atoms with Crippen LogP contribution in [0.4, 0.5) is 5.82 Å². The number of nitrogens with zero attached hydrogens (tertiary/aromatic N) is 6. The predicted octanol–water partition coefficient (Wildman–Crippen LogP) is 2.32. The lowest BCUT2D eigenvalue weighted by atomic mass is 10.1. The summed E-state index contributed by atoms with van der Waals surface area (Å²) in [6.45, 7) is 10.6. The highest BCUT2D eigenvalue weighted by Gasteiger charge is 2.25. The first-order valence-corrected chi connectivity index (χ1v) is 10.2. The number of fused-ring (bicyclic) bond motifs is 1. The molecule has 8 nitrogen and oxygen atoms in total. The molecule has 1 aliphatic heterocycles. The molecule has 8 heteroatoms. The number of rotatable bonds is 4. The minimum absolute atomic E-state index is 0.0118. The lowest BCUT2D eigenvalue weighted by Crippen LogP contribution is -2.50. The van der Waals surface area contributed by atoms with Gasteiger partial charge in [-0.1, -0.05) is 18.2 Å². The second-order valence-electron chi connectivity index (χ2n) is 7.88. The van der Waals surface area contributed by atoms with E-state index in [2.05, 4.69) is 15.0 Å². The van der Waals surface area contributed by atoms with Crippen molar-refractivity contribution in [1.82, 2.24) is 24.6 Å². The van der Waals surface area contributed by atoms with Crippen LogP contribution in [0.2, 0.25) is 0 Å². The molecule has 1 amide bonds. The van der Waals surface area contributed by atoms with Gasteiger partial charge in [0.2, 0.25) is 0 Å². The first-order valence-electron chi connectivity index (χ1n) is 10.2. The van der Waals surface area contributed by atoms with Gasteiger partial charge in [-0.25, -0.2) is 9.97 Å². The van der Waals surface area contributed by atoms with Gasteiger partial charge in [0.25, 0.3) is 5.91 Å². The van der Waals surface area contributed by atoms with E-state index in [9.17, 15) is 4.79 Å². The standard InChI is InChI=1S/C22H28N6O2/c1-14-7-6-8-15(2)21(14)30-13-18(29)27-9-11-28(12-10-27)22-20-19(23-17(4)24-22)16(3)25-26(20)5/h6-8H,9-13H2,1-5H3. The van der Waals surface area contributed by atoms with E-state index in [4.69, 9.17) is 9.72 Å². The molecular weight excluding hydrogens is 380 g/mol. The van der Waals surface area contributed by atoms with Crippen LogP contribution in [0.3, 0.4) is 0 Å². The highest BCUT2D eigenvalue weighted by Crippen LogP contribution is 2.27. The van der Waals surface area contributed by atoms with Crippen LogP contribution in [-0.2, 0) is 11.8 Å². The summed E-state index contributed by atoms with van der Waals surface area (Å²) in [5, 5.41) is 4.50. The zero-order chi connectivity index (χ0) is 21.4. The zero-order valence-corrected chi connectivity index (χ0v) is 18.3. The van der Waals surface area contributed by atoms with Crippen LogP contribution in [0, 0.1) is 27.7 Å². The molecule has 1 saturated heterocycles. The molecular formula is C22H28N6O2. The monoisotopic (exact) mass is 408 g/mol. The molecule has 1 fully saturated rings. The quantitative estimate of drug-likeness (QED) is 0.660. The van der Waals surface area contributed by atoms with Crippen LogP contribution in [-0.4, -0.2) is 63.3 Å². The van der Waals surface area contributed by atoms with Crippen molar-refractivity contribution in [3.8, 4) is 5.75 Å². The molecule has 3 aromatic rings. The summed E-state index contributed by atoms with van der Waals surface area (Å²) in [7, 11) is 1.92. The molecule has 1 aliphatic rings. The molecule has 30 heavy (non-hydrogen) atoms. The molecule has 0 N–H and O–H groups in total. The first kappa shape index (κ1) is 20.1. The van der Waals surface area contributed by atoms with Gasteiger partial charge in [-0.05, 0) is 38.8 Å². The number of piperazine rings is 1. The Morgan fingerprint density at radius 2 is 1.70 bits per heavy atom. The van der Waals surface area contributed by atoms with Gasteiger partial charge >= 0.3 is 0 Å². The first-order chi connectivity index (χ1) is 14.3. The normalized spacial score (nSPS) is 14.4. The Hall–Kier alpha value is -3.16. The number of carbonyl (C=O) groups excluding carboxylic acids is 1. The Labute approximate surface area is 176 Å². The largest absolute Gasteiger partial charge is 0.483 e. The molecule has 0 radical (unpaired) electrons. The van der Waals surface area contributed by atoms with Gasteiger partial charge in [-0.3, -0.25) is 9.48 Å². The smallest absolute Gasteiger partial charge is 0.260 e. The maximum Gasteiger partial charge on any atom is 0.260 e. The van der Waals surface area contributed by atoms with E-state index in [1.807, 2.05) is 62.5 Å². The molecule has 0 spiro atoms. The van der Waals surface area contributed by atoms with E-state index < -0.39 is 0 Å². The van der Waals surface area contributed by atoms with Gasteiger partial charge in [0.1, 0.15) is 22.6 Å². The van der Waals surface area contributed by atoms with Crippen molar-refractivity contribution in [3.05, 3.63) is 40.8 Å². The maximum absolute atomic E-state index is 12.7. The highest BCUT2D eigenvalue weighted by molar-refractivity contribution is 5.88. The third-order valence-corrected chi connectivity index (χ3v) is 5.62. The van der Waals surface area contributed by atoms with Crippen molar-refractivity contribution in [2.45, 2.75) is 27.7 Å². The molecule has 1 aromatic carbocycles. The summed E-state index contributed by atoms with van der Waals surface area (Å²) < 4.78 is 7.69. The Bertz CT molecular complexity index is 1080. The number of aromatic nitrogens is 4. The predicted molar refractivity (Wildman–Crippen MR) is 116 cm³/mol. The SMILES string of the molecule is Cc1nc(N2CCN(C(=O)COc3c(C)cccc3C)CC2)c2c(n1)c(C)nn2C. The zero-order valence-electron chi connectivity index (χ0n) is 18.3. The average molecular weight is 409 g/mol. The van der Waals surface area contributed by atoms with E-state index in [0.717, 1.165) is 45.2 Å². The Morgan fingerprint density at radius 3 is 2.37 bits per heavy atom. The van der Waals surface area contributed by atoms with Crippen molar-refractivity contribution >= 4 is 22.8 Å². The number of para-hydroxylation sites is 1. The average Bonchev–Trinajstić information content (AvgIpc) is 3.00. The van der Waals surface area contributed by atoms with Crippen LogP contribution >= 0.6 is 0 Å². The number of aryl methyl sites for hydroxylation is 5. The molecule has 3 heterocycles. The number of amides is 1. The molecule has 0 atom stereocenters. The van der Waals surface area contributed by atoms with E-state index in [1.54, 1.807) is 0 Å². The van der Waals surface area contributed by atoms with Crippen LogP contribution in [0.25, 0.3) is 11.0 Å². The van der Waals surface area contributed by atoms with Gasteiger partial charge in [0, 0.05) is 33.2 Å². The minimum atomic E-state index is 0.0118. The van der Waals surface area contributed by atoms with Crippen molar-refractivity contribution in [2.24, 2.45) is 7.05 Å². The van der Waals surface area contributed by atoms with Crippen LogP contribution < -0.4 is 9.64 Å². The summed E-state index contributed by atoms with van der Waals surface area (Å²) in [6.07, 6.45) is 0. The van der Waals surface area contributed by atoms with Crippen molar-refractivity contribution in [2.75, 3.05) is 37.7 Å². The summed E-state index contributed by atoms with van der Waals surface area (Å²) >= 11 is 0. The number of ether oxygens (including phenoxy) is 1. The molecule has 2 aromatic heterocycles. The van der Waals surface area contributed by atoms with Gasteiger partial charge in [0.15, 0.2) is 12.4 Å². The molecule has 4 rings (SSSR count). The number of carbonyl (C=O) groups is 1. The van der Waals surface area contributed by atoms with Gasteiger partial charge in [-0.2, -0.15) is 5.10 Å². The van der Waals surface area contributed by atoms with E-state index >= 15 is 0 Å². The maximum atomic E-state index is 12.7. The van der Waals surface area contributed by atoms with Crippen molar-refractivity contribution in [1.29, 1.82) is 0 Å². The number of hydrogen-bond acceptors (Lipinski definition) is 6. The topological polar surface area (TPSA) is 76.4 Å². The summed E-state index contributed by atoms with van der Waals surface area (Å²) in [5.41, 5.74) is 4.82. The van der Waals surface area contributed by atoms with Gasteiger partial charge in [0.05, 0.1) is 5.69 Å². The Balaban J connectivity index is 1.43. The summed E-state index contributed by atoms with van der Waals surface area (Å²) in [4.78, 5) is 26.0. The van der Waals surface area contributed by atoms with Gasteiger partial charge in [-0.15, -0.1) is 0 Å². The Kier molecular flexibility index (Phi) is 5.32. The molecule has 158 valence electrons. The number of benzene rings is 1. The molecule has 0 saturated carbocycles. The third kappa shape index (κ3) is 3.69. The second-order valence-corrected chi connectivity index (χ2v) is 7.88. The van der Waals surface area contributed by atoms with Crippen molar-refractivity contribution in [3.63, 3.8) is 0 Å². The minimum Gasteiger partial charge on any atom is -0.483 e. The number of anilines is 1. The fraction of sp³-hybridized carbons (Fsp3) is 0.455. The number of hydrogen-bond donors (Lipinski definition) is 0.